The number of hydrogen-bond acceptors (Lipinski definition) is 7. The normalized spacial score (nSPS) is 32.9. The molecule has 1 aromatic heterocycles. The highest BCUT2D eigenvalue weighted by molar-refractivity contribution is 7.92. The van der Waals surface area contributed by atoms with Crippen molar-refractivity contribution in [1.29, 1.82) is 0 Å². The van der Waals surface area contributed by atoms with Gasteiger partial charge in [-0.05, 0) is 42.9 Å². The molecule has 0 bridgehead atoms. The van der Waals surface area contributed by atoms with Gasteiger partial charge in [0.2, 0.25) is 5.88 Å². The van der Waals surface area contributed by atoms with Gasteiger partial charge in [-0.25, -0.2) is 13.1 Å². The van der Waals surface area contributed by atoms with E-state index in [9.17, 15) is 21.6 Å². The minimum Gasteiger partial charge on any atom is -0.361 e. The Morgan fingerprint density at radius 1 is 1.33 bits per heavy atom. The van der Waals surface area contributed by atoms with Crippen molar-refractivity contribution in [2.45, 2.75) is 59.3 Å². The second-order valence-corrected chi connectivity index (χ2v) is 13.5. The first kappa shape index (κ1) is 23.2. The van der Waals surface area contributed by atoms with Crippen LogP contribution in [0, 0.1) is 29.1 Å². The zero-order valence-corrected chi connectivity index (χ0v) is 20.1. The molecule has 1 aliphatic carbocycles. The lowest BCUT2D eigenvalue weighted by molar-refractivity contribution is 0.0281. The summed E-state index contributed by atoms with van der Waals surface area (Å²) in [6.07, 6.45) is 3.30. The summed E-state index contributed by atoms with van der Waals surface area (Å²) in [7, 11) is -7.05. The first-order chi connectivity index (χ1) is 13.7. The zero-order chi connectivity index (χ0) is 22.6. The van der Waals surface area contributed by atoms with E-state index in [4.69, 9.17) is 4.18 Å². The first-order valence-electron chi connectivity index (χ1n) is 10.4. The average molecular weight is 461 g/mol. The van der Waals surface area contributed by atoms with Crippen LogP contribution in [0.4, 0.5) is 0 Å². The predicted molar refractivity (Wildman–Crippen MR) is 114 cm³/mol. The van der Waals surface area contributed by atoms with Crippen molar-refractivity contribution in [3.05, 3.63) is 11.8 Å². The quantitative estimate of drug-likeness (QED) is 0.490. The third-order valence-electron chi connectivity index (χ3n) is 7.01. The van der Waals surface area contributed by atoms with Crippen LogP contribution in [0.2, 0.25) is 0 Å². The highest BCUT2D eigenvalue weighted by atomic mass is 32.2. The largest absolute Gasteiger partial charge is 0.361 e. The van der Waals surface area contributed by atoms with Crippen LogP contribution in [0.3, 0.4) is 0 Å². The first-order valence-corrected chi connectivity index (χ1v) is 13.9. The number of hydrogen-bond donors (Lipinski definition) is 0. The topological polar surface area (TPSA) is 112 Å². The molecule has 0 spiro atoms. The van der Waals surface area contributed by atoms with Crippen LogP contribution in [-0.2, 0) is 26.5 Å². The van der Waals surface area contributed by atoms with E-state index >= 15 is 0 Å². The Balaban J connectivity index is 2.02. The Morgan fingerprint density at radius 3 is 2.53 bits per heavy atom. The highest BCUT2D eigenvalue weighted by Gasteiger charge is 2.56. The minimum atomic E-state index is -3.84. The number of fused-ring (bicyclic) bond motifs is 1. The third-order valence-corrected chi connectivity index (χ3v) is 9.83. The van der Waals surface area contributed by atoms with Crippen LogP contribution in [0.15, 0.2) is 6.20 Å². The Hall–Kier alpha value is -1.42. The van der Waals surface area contributed by atoms with Gasteiger partial charge in [0.05, 0.1) is 23.5 Å². The standard InChI is InChI=1S/C20H32N2O6S2/c1-7-22-19(28-29(6,24)25)15(11-21-22)17(23)14-10-12(2)18-16(13(14)3)20(4,5)8-9-30(18,26)27/h11-14,16,18H,7-10H2,1-6H3. The van der Waals surface area contributed by atoms with E-state index in [1.165, 1.54) is 10.9 Å². The Bertz CT molecular complexity index is 1040. The molecular formula is C20H32N2O6S2. The lowest BCUT2D eigenvalue weighted by Crippen LogP contribution is -2.57. The van der Waals surface area contributed by atoms with Crippen LogP contribution < -0.4 is 4.18 Å². The van der Waals surface area contributed by atoms with E-state index in [1.807, 2.05) is 13.8 Å². The summed E-state index contributed by atoms with van der Waals surface area (Å²) in [6.45, 7) is 10.2. The number of nitrogens with zero attached hydrogens (tertiary/aromatic N) is 2. The SMILES string of the molecule is CCn1ncc(C(=O)C2CC(C)C3C(C2C)C(C)(C)CCS3(=O)=O)c1OS(C)(=O)=O. The van der Waals surface area contributed by atoms with Gasteiger partial charge in [-0.1, -0.05) is 27.7 Å². The van der Waals surface area contributed by atoms with Gasteiger partial charge in [0, 0.05) is 12.5 Å². The molecule has 2 aliphatic rings. The molecule has 0 radical (unpaired) electrons. The molecule has 8 nitrogen and oxygen atoms in total. The summed E-state index contributed by atoms with van der Waals surface area (Å²) in [5, 5.41) is 3.67. The van der Waals surface area contributed by atoms with Gasteiger partial charge < -0.3 is 4.18 Å². The smallest absolute Gasteiger partial charge is 0.307 e. The second-order valence-electron chi connectivity index (χ2n) is 9.61. The second kappa shape index (κ2) is 7.62. The highest BCUT2D eigenvalue weighted by Crippen LogP contribution is 2.54. The Kier molecular flexibility index (Phi) is 5.90. The average Bonchev–Trinajstić information content (AvgIpc) is 3.00. The lowest BCUT2D eigenvalue weighted by atomic mass is 9.57. The number of rotatable bonds is 5. The van der Waals surface area contributed by atoms with Crippen molar-refractivity contribution < 1.29 is 25.8 Å². The molecule has 30 heavy (non-hydrogen) atoms. The van der Waals surface area contributed by atoms with E-state index in [1.54, 1.807) is 6.92 Å². The van der Waals surface area contributed by atoms with Crippen LogP contribution in [-0.4, -0.2) is 49.7 Å². The molecule has 2 fully saturated rings. The lowest BCUT2D eigenvalue weighted by Gasteiger charge is -2.53. The van der Waals surface area contributed by atoms with Crippen molar-refractivity contribution in [3.8, 4) is 5.88 Å². The third kappa shape index (κ3) is 4.04. The van der Waals surface area contributed by atoms with E-state index in [0.717, 1.165) is 6.26 Å². The maximum absolute atomic E-state index is 13.6. The molecule has 1 aliphatic heterocycles. The molecule has 170 valence electrons. The monoisotopic (exact) mass is 460 g/mol. The van der Waals surface area contributed by atoms with Gasteiger partial charge in [0.1, 0.15) is 5.56 Å². The Labute approximate surface area is 179 Å². The molecule has 0 amide bonds. The van der Waals surface area contributed by atoms with Gasteiger partial charge in [-0.15, -0.1) is 0 Å². The van der Waals surface area contributed by atoms with Crippen LogP contribution in [0.25, 0.3) is 0 Å². The molecule has 5 unspecified atom stereocenters. The summed E-state index contributed by atoms with van der Waals surface area (Å²) in [5.74, 6) is -1.01. The summed E-state index contributed by atoms with van der Waals surface area (Å²) in [5.41, 5.74) is -0.0660. The number of sulfone groups is 1. The van der Waals surface area contributed by atoms with Crippen molar-refractivity contribution in [1.82, 2.24) is 9.78 Å². The van der Waals surface area contributed by atoms with Gasteiger partial charge in [-0.2, -0.15) is 13.5 Å². The molecule has 0 N–H and O–H groups in total. The molecule has 3 rings (SSSR count). The van der Waals surface area contributed by atoms with Crippen LogP contribution in [0.5, 0.6) is 5.88 Å². The summed E-state index contributed by atoms with van der Waals surface area (Å²) in [6, 6.07) is 0. The maximum Gasteiger partial charge on any atom is 0.307 e. The molecule has 10 heteroatoms. The van der Waals surface area contributed by atoms with Crippen molar-refractivity contribution >= 4 is 25.7 Å². The van der Waals surface area contributed by atoms with Crippen LogP contribution >= 0.6 is 0 Å². The minimum absolute atomic E-state index is 0.0671. The molecule has 1 aromatic rings. The molecule has 0 aromatic carbocycles. The van der Waals surface area contributed by atoms with Crippen molar-refractivity contribution in [2.75, 3.05) is 12.0 Å². The fraction of sp³-hybridized carbons (Fsp3) is 0.800. The van der Waals surface area contributed by atoms with Gasteiger partial charge >= 0.3 is 10.1 Å². The predicted octanol–water partition coefficient (Wildman–Crippen LogP) is 2.55. The number of Topliss-reactive ketones (excluding diaryl/α,β-unsaturated/α-hetero) is 1. The summed E-state index contributed by atoms with van der Waals surface area (Å²) >= 11 is 0. The molecular weight excluding hydrogens is 428 g/mol. The number of aromatic nitrogens is 2. The fourth-order valence-electron chi connectivity index (χ4n) is 5.64. The van der Waals surface area contributed by atoms with E-state index in [0.29, 0.717) is 19.4 Å². The Morgan fingerprint density at radius 2 is 1.97 bits per heavy atom. The summed E-state index contributed by atoms with van der Waals surface area (Å²) in [4.78, 5) is 13.6. The van der Waals surface area contributed by atoms with Crippen molar-refractivity contribution in [2.24, 2.45) is 29.1 Å². The maximum atomic E-state index is 13.6. The summed E-state index contributed by atoms with van der Waals surface area (Å²) < 4.78 is 55.7. The zero-order valence-electron chi connectivity index (χ0n) is 18.5. The fourth-order valence-corrected chi connectivity index (χ4v) is 9.07. The molecule has 2 heterocycles. The molecule has 1 saturated heterocycles. The van der Waals surface area contributed by atoms with Crippen LogP contribution in [0.1, 0.15) is 57.8 Å². The van der Waals surface area contributed by atoms with Gasteiger partial charge in [-0.3, -0.25) is 4.79 Å². The molecule has 1 saturated carbocycles. The number of carbonyl (C=O) groups is 1. The van der Waals surface area contributed by atoms with E-state index in [-0.39, 0.29) is 46.1 Å². The van der Waals surface area contributed by atoms with Gasteiger partial charge in [0.15, 0.2) is 15.6 Å². The van der Waals surface area contributed by atoms with E-state index in [2.05, 4.69) is 18.9 Å². The number of ketones is 1. The van der Waals surface area contributed by atoms with Crippen molar-refractivity contribution in [3.63, 3.8) is 0 Å². The van der Waals surface area contributed by atoms with Gasteiger partial charge in [0.25, 0.3) is 0 Å². The number of aryl methyl sites for hydroxylation is 1. The molecule has 5 atom stereocenters. The van der Waals surface area contributed by atoms with E-state index < -0.39 is 31.1 Å². The number of carbonyl (C=O) groups excluding carboxylic acids is 1.